The highest BCUT2D eigenvalue weighted by molar-refractivity contribution is 8.00. The highest BCUT2D eigenvalue weighted by atomic mass is 32.2. The van der Waals surface area contributed by atoms with Crippen molar-refractivity contribution in [1.29, 1.82) is 0 Å². The minimum Gasteiger partial charge on any atom is -0.495 e. The van der Waals surface area contributed by atoms with Crippen LogP contribution in [0.25, 0.3) is 5.95 Å². The van der Waals surface area contributed by atoms with Gasteiger partial charge >= 0.3 is 0 Å². The number of aromatic nitrogens is 5. The van der Waals surface area contributed by atoms with E-state index in [-0.39, 0.29) is 5.91 Å². The topological polar surface area (TPSA) is 113 Å². The molecule has 1 amide bonds. The third-order valence-corrected chi connectivity index (χ3v) is 6.23. The van der Waals surface area contributed by atoms with Gasteiger partial charge in [0.25, 0.3) is 5.95 Å². The van der Waals surface area contributed by atoms with Gasteiger partial charge in [-0.05, 0) is 50.1 Å². The van der Waals surface area contributed by atoms with Crippen LogP contribution in [0.4, 0.5) is 5.69 Å². The Morgan fingerprint density at radius 1 is 1.09 bits per heavy atom. The van der Waals surface area contributed by atoms with Gasteiger partial charge in [-0.25, -0.2) is 9.36 Å². The van der Waals surface area contributed by atoms with Gasteiger partial charge in [-0.1, -0.05) is 48.2 Å². The van der Waals surface area contributed by atoms with Crippen LogP contribution >= 0.6 is 11.8 Å². The van der Waals surface area contributed by atoms with Crippen LogP contribution in [0.5, 0.6) is 5.75 Å². The Morgan fingerprint density at radius 3 is 2.52 bits per heavy atom. The summed E-state index contributed by atoms with van der Waals surface area (Å²) in [6, 6.07) is 17.0. The predicted octanol–water partition coefficient (Wildman–Crippen LogP) is 3.58. The SMILES string of the molecule is COc1ccc(C)cc1NC(=O)C(Sc1nnc(-n2nc(C)cc2C)n1N)c1ccccc1. The second-order valence-electron chi connectivity index (χ2n) is 7.59. The fourth-order valence-electron chi connectivity index (χ4n) is 3.45. The van der Waals surface area contributed by atoms with Gasteiger partial charge in [0, 0.05) is 5.69 Å². The van der Waals surface area contributed by atoms with Gasteiger partial charge in [-0.3, -0.25) is 4.79 Å². The number of methoxy groups -OCH3 is 1. The fourth-order valence-corrected chi connectivity index (χ4v) is 4.40. The number of amides is 1. The van der Waals surface area contributed by atoms with E-state index in [1.165, 1.54) is 16.4 Å². The van der Waals surface area contributed by atoms with Crippen molar-refractivity contribution in [1.82, 2.24) is 24.7 Å². The molecular formula is C23H25N7O2S. The number of ether oxygens (including phenoxy) is 1. The molecule has 0 fully saturated rings. The molecule has 0 aliphatic rings. The number of nitrogens with one attached hydrogen (secondary N) is 1. The van der Waals surface area contributed by atoms with Crippen LogP contribution in [0.15, 0.2) is 59.8 Å². The molecule has 0 saturated heterocycles. The maximum atomic E-state index is 13.4. The van der Waals surface area contributed by atoms with Crippen molar-refractivity contribution in [3.05, 3.63) is 77.1 Å². The molecule has 0 radical (unpaired) electrons. The number of hydrogen-bond acceptors (Lipinski definition) is 7. The quantitative estimate of drug-likeness (QED) is 0.318. The number of nitrogen functional groups attached to an aromatic ring is 1. The van der Waals surface area contributed by atoms with Crippen LogP contribution in [-0.4, -0.2) is 37.7 Å². The first-order chi connectivity index (χ1) is 15.9. The van der Waals surface area contributed by atoms with E-state index in [2.05, 4.69) is 20.6 Å². The molecular weight excluding hydrogens is 438 g/mol. The summed E-state index contributed by atoms with van der Waals surface area (Å²) in [6.45, 7) is 5.76. The molecule has 3 N–H and O–H groups in total. The van der Waals surface area contributed by atoms with Crippen molar-refractivity contribution < 1.29 is 9.53 Å². The van der Waals surface area contributed by atoms with Crippen LogP contribution < -0.4 is 15.9 Å². The third-order valence-electron chi connectivity index (χ3n) is 5.02. The lowest BCUT2D eigenvalue weighted by molar-refractivity contribution is -0.115. The molecule has 33 heavy (non-hydrogen) atoms. The first-order valence-corrected chi connectivity index (χ1v) is 11.2. The molecule has 2 aromatic carbocycles. The zero-order valence-corrected chi connectivity index (χ0v) is 19.6. The minimum atomic E-state index is -0.628. The van der Waals surface area contributed by atoms with Gasteiger partial charge in [0.05, 0.1) is 18.5 Å². The first-order valence-electron chi connectivity index (χ1n) is 10.3. The molecule has 1 unspecified atom stereocenters. The van der Waals surface area contributed by atoms with Gasteiger partial charge in [0.15, 0.2) is 0 Å². The lowest BCUT2D eigenvalue weighted by Gasteiger charge is -2.18. The summed E-state index contributed by atoms with van der Waals surface area (Å²) >= 11 is 1.21. The molecule has 4 aromatic rings. The van der Waals surface area contributed by atoms with Gasteiger partial charge < -0.3 is 15.9 Å². The number of carbonyl (C=O) groups excluding carboxylic acids is 1. The molecule has 1 atom stereocenters. The van der Waals surface area contributed by atoms with Crippen LogP contribution in [0, 0.1) is 20.8 Å². The standard InChI is InChI=1S/C23H25N7O2S/c1-14-10-11-19(32-4)18(12-14)25-21(31)20(17-8-6-5-7-9-17)33-23-27-26-22(29(23)24)30-16(3)13-15(2)28-30/h5-13,20H,24H2,1-4H3,(H,25,31). The lowest BCUT2D eigenvalue weighted by Crippen LogP contribution is -2.21. The zero-order chi connectivity index (χ0) is 23.5. The third kappa shape index (κ3) is 4.70. The minimum absolute atomic E-state index is 0.231. The van der Waals surface area contributed by atoms with E-state index in [0.717, 1.165) is 22.5 Å². The number of aryl methyl sites for hydroxylation is 3. The Hall–Kier alpha value is -3.79. The summed E-state index contributed by atoms with van der Waals surface area (Å²) in [4.78, 5) is 13.4. The van der Waals surface area contributed by atoms with Crippen molar-refractivity contribution in [3.8, 4) is 11.7 Å². The monoisotopic (exact) mass is 463 g/mol. The first kappa shape index (κ1) is 22.4. The molecule has 2 aromatic heterocycles. The van der Waals surface area contributed by atoms with Crippen molar-refractivity contribution in [2.75, 3.05) is 18.3 Å². The summed E-state index contributed by atoms with van der Waals surface area (Å²) < 4.78 is 8.39. The molecule has 2 heterocycles. The van der Waals surface area contributed by atoms with E-state index >= 15 is 0 Å². The van der Waals surface area contributed by atoms with Crippen molar-refractivity contribution in [3.63, 3.8) is 0 Å². The highest BCUT2D eigenvalue weighted by Crippen LogP contribution is 2.36. The Balaban J connectivity index is 1.66. The number of carbonyl (C=O) groups is 1. The van der Waals surface area contributed by atoms with E-state index < -0.39 is 5.25 Å². The number of nitrogens with zero attached hydrogens (tertiary/aromatic N) is 5. The maximum absolute atomic E-state index is 13.4. The maximum Gasteiger partial charge on any atom is 0.271 e. The van der Waals surface area contributed by atoms with Crippen LogP contribution in [0.1, 0.15) is 27.8 Å². The Morgan fingerprint density at radius 2 is 1.85 bits per heavy atom. The summed E-state index contributed by atoms with van der Waals surface area (Å²) in [5.41, 5.74) is 4.14. The molecule has 9 nitrogen and oxygen atoms in total. The van der Waals surface area contributed by atoms with Crippen LogP contribution in [-0.2, 0) is 4.79 Å². The smallest absolute Gasteiger partial charge is 0.271 e. The fraction of sp³-hybridized carbons (Fsp3) is 0.217. The van der Waals surface area contributed by atoms with Gasteiger partial charge in [0.2, 0.25) is 11.1 Å². The lowest BCUT2D eigenvalue weighted by atomic mass is 10.1. The van der Waals surface area contributed by atoms with Gasteiger partial charge in [-0.2, -0.15) is 5.10 Å². The van der Waals surface area contributed by atoms with E-state index in [0.29, 0.717) is 22.5 Å². The normalized spacial score (nSPS) is 11.9. The highest BCUT2D eigenvalue weighted by Gasteiger charge is 2.27. The molecule has 0 aliphatic carbocycles. The number of hydrogen-bond donors (Lipinski definition) is 2. The summed E-state index contributed by atoms with van der Waals surface area (Å²) in [5.74, 6) is 7.04. The van der Waals surface area contributed by atoms with Crippen molar-refractivity contribution in [2.24, 2.45) is 0 Å². The number of nitrogens with two attached hydrogens (primary N) is 1. The van der Waals surface area contributed by atoms with E-state index in [1.807, 2.05) is 75.4 Å². The van der Waals surface area contributed by atoms with E-state index in [1.54, 1.807) is 11.8 Å². The number of rotatable bonds is 7. The van der Waals surface area contributed by atoms with E-state index in [9.17, 15) is 4.79 Å². The summed E-state index contributed by atoms with van der Waals surface area (Å²) in [7, 11) is 1.57. The molecule has 0 bridgehead atoms. The summed E-state index contributed by atoms with van der Waals surface area (Å²) in [6.07, 6.45) is 0. The second-order valence-corrected chi connectivity index (χ2v) is 8.67. The molecule has 10 heteroatoms. The average molecular weight is 464 g/mol. The molecule has 4 rings (SSSR count). The van der Waals surface area contributed by atoms with Gasteiger partial charge in [-0.15, -0.1) is 10.2 Å². The van der Waals surface area contributed by atoms with Crippen molar-refractivity contribution >= 4 is 23.4 Å². The molecule has 0 aliphatic heterocycles. The zero-order valence-electron chi connectivity index (χ0n) is 18.8. The number of anilines is 1. The van der Waals surface area contributed by atoms with Crippen molar-refractivity contribution in [2.45, 2.75) is 31.2 Å². The molecule has 170 valence electrons. The second kappa shape index (κ2) is 9.37. The van der Waals surface area contributed by atoms with E-state index in [4.69, 9.17) is 10.6 Å². The number of benzene rings is 2. The molecule has 0 saturated carbocycles. The largest absolute Gasteiger partial charge is 0.495 e. The van der Waals surface area contributed by atoms with Gasteiger partial charge in [0.1, 0.15) is 11.0 Å². The predicted molar refractivity (Wildman–Crippen MR) is 128 cm³/mol. The Kier molecular flexibility index (Phi) is 6.36. The van der Waals surface area contributed by atoms with Crippen LogP contribution in [0.2, 0.25) is 0 Å². The molecule has 0 spiro atoms. The average Bonchev–Trinajstić information content (AvgIpc) is 3.32. The Labute approximate surface area is 195 Å². The summed E-state index contributed by atoms with van der Waals surface area (Å²) in [5, 5.41) is 15.6. The Bertz CT molecular complexity index is 1280. The van der Waals surface area contributed by atoms with Crippen LogP contribution in [0.3, 0.4) is 0 Å². The number of thioether (sulfide) groups is 1.